The summed E-state index contributed by atoms with van der Waals surface area (Å²) >= 11 is 0. The molecule has 19 heavy (non-hydrogen) atoms. The summed E-state index contributed by atoms with van der Waals surface area (Å²) in [6.07, 6.45) is -0.546. The van der Waals surface area contributed by atoms with Gasteiger partial charge in [-0.25, -0.2) is 18.0 Å². The van der Waals surface area contributed by atoms with E-state index in [0.29, 0.717) is 0 Å². The van der Waals surface area contributed by atoms with Gasteiger partial charge in [0.25, 0.3) is 0 Å². The maximum Gasteiger partial charge on any atom is 0.326 e. The fourth-order valence-corrected chi connectivity index (χ4v) is 1.78. The van der Waals surface area contributed by atoms with Gasteiger partial charge in [0.2, 0.25) is 5.91 Å². The molecule has 0 aromatic carbocycles. The van der Waals surface area contributed by atoms with Crippen molar-refractivity contribution in [1.82, 2.24) is 10.6 Å². The Kier molecular flexibility index (Phi) is 6.83. The van der Waals surface area contributed by atoms with Gasteiger partial charge in [0.15, 0.2) is 9.84 Å². The second kappa shape index (κ2) is 7.56. The molecule has 0 aliphatic rings. The summed E-state index contributed by atoms with van der Waals surface area (Å²) in [5, 5.41) is 12.9. The Morgan fingerprint density at radius 3 is 2.32 bits per heavy atom. The van der Waals surface area contributed by atoms with E-state index in [1.165, 1.54) is 6.92 Å². The lowest BCUT2D eigenvalue weighted by Gasteiger charge is -2.13. The summed E-state index contributed by atoms with van der Waals surface area (Å²) in [5.41, 5.74) is 4.83. The molecule has 0 unspecified atom stereocenters. The minimum Gasteiger partial charge on any atom is -0.480 e. The Balaban J connectivity index is 4.21. The number of amides is 3. The van der Waals surface area contributed by atoms with E-state index in [1.54, 1.807) is 0 Å². The first-order valence-electron chi connectivity index (χ1n) is 5.44. The highest BCUT2D eigenvalue weighted by molar-refractivity contribution is 7.91. The number of nitrogens with one attached hydrogen (secondary N) is 2. The lowest BCUT2D eigenvalue weighted by atomic mass is 10.2. The molecule has 0 aromatic heterocycles. The van der Waals surface area contributed by atoms with Crippen LogP contribution in [0.3, 0.4) is 0 Å². The van der Waals surface area contributed by atoms with Crippen molar-refractivity contribution in [2.24, 2.45) is 5.73 Å². The van der Waals surface area contributed by atoms with Crippen molar-refractivity contribution >= 4 is 27.7 Å². The maximum absolute atomic E-state index is 11.3. The molecule has 110 valence electrons. The number of nitrogens with two attached hydrogens (primary N) is 1. The Hall–Kier alpha value is -1.84. The van der Waals surface area contributed by atoms with Crippen LogP contribution in [-0.4, -0.2) is 55.5 Å². The Bertz CT molecular complexity index is 447. The summed E-state index contributed by atoms with van der Waals surface area (Å²) in [7, 11) is -3.21. The fraction of sp³-hybridized carbons (Fsp3) is 0.667. The van der Waals surface area contributed by atoms with Gasteiger partial charge in [-0.3, -0.25) is 4.79 Å². The van der Waals surface area contributed by atoms with Crippen LogP contribution in [0.15, 0.2) is 0 Å². The van der Waals surface area contributed by atoms with Crippen molar-refractivity contribution in [2.45, 2.75) is 19.4 Å². The molecule has 10 heteroatoms. The quantitative estimate of drug-likeness (QED) is 0.407. The number of rotatable bonds is 8. The van der Waals surface area contributed by atoms with Crippen LogP contribution in [0.25, 0.3) is 0 Å². The number of hydrogen-bond acceptors (Lipinski definition) is 5. The van der Waals surface area contributed by atoms with E-state index in [-0.39, 0.29) is 18.1 Å². The summed E-state index contributed by atoms with van der Waals surface area (Å²) in [5.74, 6) is -2.57. The molecule has 0 fully saturated rings. The molecule has 0 spiro atoms. The zero-order valence-electron chi connectivity index (χ0n) is 10.4. The van der Waals surface area contributed by atoms with Crippen LogP contribution in [0, 0.1) is 0 Å². The number of carboxylic acid groups (broad SMARTS) is 1. The lowest BCUT2D eigenvalue weighted by Crippen LogP contribution is -2.48. The lowest BCUT2D eigenvalue weighted by molar-refractivity contribution is -0.140. The molecule has 0 heterocycles. The first-order valence-corrected chi connectivity index (χ1v) is 7.26. The molecule has 9 nitrogen and oxygen atoms in total. The molecule has 0 aromatic rings. The van der Waals surface area contributed by atoms with E-state index in [4.69, 9.17) is 10.8 Å². The van der Waals surface area contributed by atoms with Gasteiger partial charge in [0, 0.05) is 12.3 Å². The van der Waals surface area contributed by atoms with Gasteiger partial charge < -0.3 is 21.5 Å². The monoisotopic (exact) mass is 295 g/mol. The molecule has 0 rings (SSSR count). The summed E-state index contributed by atoms with van der Waals surface area (Å²) in [6.45, 7) is 1.33. The molecule has 3 amide bonds. The van der Waals surface area contributed by atoms with Crippen LogP contribution in [0.4, 0.5) is 4.79 Å². The summed E-state index contributed by atoms with van der Waals surface area (Å²) in [4.78, 5) is 32.6. The van der Waals surface area contributed by atoms with Crippen molar-refractivity contribution in [3.63, 3.8) is 0 Å². The topological polar surface area (TPSA) is 156 Å². The molecule has 1 atom stereocenters. The van der Waals surface area contributed by atoms with Gasteiger partial charge in [0.05, 0.1) is 12.2 Å². The minimum absolute atomic E-state index is 0.0459. The molecule has 0 saturated heterocycles. The smallest absolute Gasteiger partial charge is 0.326 e. The van der Waals surface area contributed by atoms with Crippen LogP contribution in [0.5, 0.6) is 0 Å². The van der Waals surface area contributed by atoms with Gasteiger partial charge in [-0.2, -0.15) is 0 Å². The average Bonchev–Trinajstić information content (AvgIpc) is 2.27. The predicted octanol–water partition coefficient (Wildman–Crippen LogP) is -1.95. The normalized spacial score (nSPS) is 12.5. The van der Waals surface area contributed by atoms with E-state index in [2.05, 4.69) is 5.32 Å². The zero-order chi connectivity index (χ0) is 15.1. The van der Waals surface area contributed by atoms with E-state index >= 15 is 0 Å². The van der Waals surface area contributed by atoms with Gasteiger partial charge >= 0.3 is 12.0 Å². The standard InChI is InChI=1S/C9H17N3O6S/c1-2-19(17,18)4-3-11-9(16)12-6(8(14)15)5-7(10)13/h6H,2-5H2,1H3,(H2,10,13)(H,14,15)(H2,11,12,16)/t6-/m0/s1. The maximum atomic E-state index is 11.3. The van der Waals surface area contributed by atoms with Crippen LogP contribution in [0.2, 0.25) is 0 Å². The third-order valence-corrected chi connectivity index (χ3v) is 3.85. The van der Waals surface area contributed by atoms with Crippen molar-refractivity contribution < 1.29 is 27.9 Å². The molecule has 0 saturated carbocycles. The highest BCUT2D eigenvalue weighted by atomic mass is 32.2. The number of sulfone groups is 1. The van der Waals surface area contributed by atoms with Crippen molar-refractivity contribution in [3.8, 4) is 0 Å². The van der Waals surface area contributed by atoms with Crippen LogP contribution in [-0.2, 0) is 19.4 Å². The number of hydrogen-bond donors (Lipinski definition) is 4. The summed E-state index contributed by atoms with van der Waals surface area (Å²) in [6, 6.07) is -2.32. The van der Waals surface area contributed by atoms with E-state index in [0.717, 1.165) is 0 Å². The number of carboxylic acids is 1. The second-order valence-electron chi connectivity index (χ2n) is 3.70. The third kappa shape index (κ3) is 7.97. The fourth-order valence-electron chi connectivity index (χ4n) is 1.07. The van der Waals surface area contributed by atoms with Crippen molar-refractivity contribution in [2.75, 3.05) is 18.1 Å². The highest BCUT2D eigenvalue weighted by Crippen LogP contribution is 1.92. The first kappa shape index (κ1) is 17.2. The molecule has 0 aliphatic heterocycles. The van der Waals surface area contributed by atoms with Crippen LogP contribution >= 0.6 is 0 Å². The summed E-state index contributed by atoms with van der Waals surface area (Å²) < 4.78 is 22.3. The largest absolute Gasteiger partial charge is 0.480 e. The van der Waals surface area contributed by atoms with Gasteiger partial charge in [-0.15, -0.1) is 0 Å². The number of primary amides is 1. The minimum atomic E-state index is -3.21. The highest BCUT2D eigenvalue weighted by Gasteiger charge is 2.22. The molecule has 0 bridgehead atoms. The number of urea groups is 1. The first-order chi connectivity index (χ1) is 8.68. The Morgan fingerprint density at radius 1 is 1.32 bits per heavy atom. The Morgan fingerprint density at radius 2 is 1.89 bits per heavy atom. The zero-order valence-corrected chi connectivity index (χ0v) is 11.2. The average molecular weight is 295 g/mol. The number of carbonyl (C=O) groups excluding carboxylic acids is 2. The predicted molar refractivity (Wildman–Crippen MR) is 66.1 cm³/mol. The van der Waals surface area contributed by atoms with E-state index in [1.807, 2.05) is 5.32 Å². The van der Waals surface area contributed by atoms with E-state index in [9.17, 15) is 22.8 Å². The molecule has 0 aliphatic carbocycles. The molecular weight excluding hydrogens is 278 g/mol. The molecule has 0 radical (unpaired) electrons. The molecular formula is C9H17N3O6S. The van der Waals surface area contributed by atoms with Crippen molar-refractivity contribution in [3.05, 3.63) is 0 Å². The van der Waals surface area contributed by atoms with Crippen LogP contribution < -0.4 is 16.4 Å². The molecule has 5 N–H and O–H groups in total. The number of carbonyl (C=O) groups is 3. The van der Waals surface area contributed by atoms with Crippen LogP contribution in [0.1, 0.15) is 13.3 Å². The third-order valence-electron chi connectivity index (χ3n) is 2.15. The second-order valence-corrected chi connectivity index (χ2v) is 6.17. The van der Waals surface area contributed by atoms with Gasteiger partial charge in [0.1, 0.15) is 6.04 Å². The van der Waals surface area contributed by atoms with E-state index < -0.39 is 40.2 Å². The Labute approximate surface area is 110 Å². The van der Waals surface area contributed by atoms with Gasteiger partial charge in [-0.1, -0.05) is 6.92 Å². The van der Waals surface area contributed by atoms with Gasteiger partial charge in [-0.05, 0) is 0 Å². The SMILES string of the molecule is CCS(=O)(=O)CCNC(=O)N[C@@H](CC(N)=O)C(=O)O. The number of aliphatic carboxylic acids is 1. The van der Waals surface area contributed by atoms with Crippen molar-refractivity contribution in [1.29, 1.82) is 0 Å².